The van der Waals surface area contributed by atoms with Gasteiger partial charge in [-0.1, -0.05) is 20.8 Å². The average Bonchev–Trinajstić information content (AvgIpc) is 2.48. The number of nitrogens with zero attached hydrogens (tertiary/aromatic N) is 4. The fourth-order valence-electron chi connectivity index (χ4n) is 1.44. The van der Waals surface area contributed by atoms with Gasteiger partial charge in [0.25, 0.3) is 0 Å². The van der Waals surface area contributed by atoms with Crippen LogP contribution in [0.5, 0.6) is 0 Å². The van der Waals surface area contributed by atoms with E-state index in [9.17, 15) is 0 Å². The van der Waals surface area contributed by atoms with Crippen molar-refractivity contribution in [3.63, 3.8) is 0 Å². The molecule has 2 aromatic heterocycles. The monoisotopic (exact) mass is 268 g/mol. The Morgan fingerprint density at radius 1 is 1.33 bits per heavy atom. The molecular formula is C10H13BrN4. The van der Waals surface area contributed by atoms with Crippen molar-refractivity contribution in [3.05, 3.63) is 22.8 Å². The molecule has 0 N–H and O–H groups in total. The fraction of sp³-hybridized carbons (Fsp3) is 0.500. The standard InChI is InChI=1S/C10H13BrN4/c1-10(2,3)6-7-13-14-9-8(11)12-4-5-15(7)9/h4-5H,6H2,1-3H3. The topological polar surface area (TPSA) is 43.1 Å². The van der Waals surface area contributed by atoms with E-state index in [2.05, 4.69) is 51.9 Å². The summed E-state index contributed by atoms with van der Waals surface area (Å²) in [7, 11) is 0. The number of rotatable bonds is 1. The Hall–Kier alpha value is -0.970. The lowest BCUT2D eigenvalue weighted by atomic mass is 9.92. The first kappa shape index (κ1) is 10.5. The molecule has 0 amide bonds. The van der Waals surface area contributed by atoms with Crippen LogP contribution in [0.25, 0.3) is 5.65 Å². The van der Waals surface area contributed by atoms with Crippen molar-refractivity contribution in [2.24, 2.45) is 5.41 Å². The smallest absolute Gasteiger partial charge is 0.193 e. The molecule has 2 aromatic rings. The highest BCUT2D eigenvalue weighted by Crippen LogP contribution is 2.21. The first-order valence-corrected chi connectivity index (χ1v) is 5.61. The van der Waals surface area contributed by atoms with E-state index in [1.807, 2.05) is 10.6 Å². The van der Waals surface area contributed by atoms with Gasteiger partial charge in [-0.15, -0.1) is 10.2 Å². The van der Waals surface area contributed by atoms with E-state index in [0.29, 0.717) is 0 Å². The van der Waals surface area contributed by atoms with Gasteiger partial charge in [0.15, 0.2) is 10.3 Å². The van der Waals surface area contributed by atoms with Crippen molar-refractivity contribution in [2.75, 3.05) is 0 Å². The van der Waals surface area contributed by atoms with Crippen molar-refractivity contribution in [1.29, 1.82) is 0 Å². The van der Waals surface area contributed by atoms with Crippen LogP contribution in [0.3, 0.4) is 0 Å². The molecule has 15 heavy (non-hydrogen) atoms. The Morgan fingerprint density at radius 3 is 2.73 bits per heavy atom. The summed E-state index contributed by atoms with van der Waals surface area (Å²) in [5.41, 5.74) is 0.982. The lowest BCUT2D eigenvalue weighted by Gasteiger charge is -2.16. The summed E-state index contributed by atoms with van der Waals surface area (Å²) in [6, 6.07) is 0. The lowest BCUT2D eigenvalue weighted by molar-refractivity contribution is 0.399. The molecule has 0 saturated carbocycles. The minimum absolute atomic E-state index is 0.207. The van der Waals surface area contributed by atoms with E-state index in [4.69, 9.17) is 0 Å². The molecule has 0 aliphatic carbocycles. The SMILES string of the molecule is CC(C)(C)Cc1nnc2c(Br)nccn12. The van der Waals surface area contributed by atoms with Crippen LogP contribution in [0, 0.1) is 5.41 Å². The summed E-state index contributed by atoms with van der Waals surface area (Å²) >= 11 is 3.36. The summed E-state index contributed by atoms with van der Waals surface area (Å²) in [6.07, 6.45) is 4.53. The number of halogens is 1. The van der Waals surface area contributed by atoms with Crippen LogP contribution in [0.2, 0.25) is 0 Å². The molecule has 0 aliphatic heterocycles. The van der Waals surface area contributed by atoms with E-state index >= 15 is 0 Å². The van der Waals surface area contributed by atoms with Crippen molar-refractivity contribution >= 4 is 21.6 Å². The minimum Gasteiger partial charge on any atom is -0.283 e. The van der Waals surface area contributed by atoms with Gasteiger partial charge in [0.1, 0.15) is 5.82 Å². The number of hydrogen-bond donors (Lipinski definition) is 0. The van der Waals surface area contributed by atoms with Crippen LogP contribution >= 0.6 is 15.9 Å². The van der Waals surface area contributed by atoms with Gasteiger partial charge in [-0.25, -0.2) is 4.98 Å². The third kappa shape index (κ3) is 2.17. The van der Waals surface area contributed by atoms with Crippen molar-refractivity contribution in [1.82, 2.24) is 19.6 Å². The van der Waals surface area contributed by atoms with Gasteiger partial charge in [0.05, 0.1) is 0 Å². The van der Waals surface area contributed by atoms with E-state index in [1.54, 1.807) is 6.20 Å². The zero-order chi connectivity index (χ0) is 11.1. The molecule has 0 saturated heterocycles. The molecule has 0 atom stereocenters. The van der Waals surface area contributed by atoms with Crippen LogP contribution in [0.4, 0.5) is 0 Å². The molecule has 0 unspecified atom stereocenters. The summed E-state index contributed by atoms with van der Waals surface area (Å²) < 4.78 is 2.71. The van der Waals surface area contributed by atoms with E-state index in [-0.39, 0.29) is 5.41 Å². The van der Waals surface area contributed by atoms with Gasteiger partial charge in [-0.2, -0.15) is 0 Å². The summed E-state index contributed by atoms with van der Waals surface area (Å²) in [5, 5.41) is 8.29. The largest absolute Gasteiger partial charge is 0.283 e. The van der Waals surface area contributed by atoms with Crippen molar-refractivity contribution in [3.8, 4) is 0 Å². The van der Waals surface area contributed by atoms with E-state index < -0.39 is 0 Å². The molecule has 2 heterocycles. The maximum atomic E-state index is 4.18. The van der Waals surface area contributed by atoms with Gasteiger partial charge in [0.2, 0.25) is 0 Å². The van der Waals surface area contributed by atoms with Crippen molar-refractivity contribution in [2.45, 2.75) is 27.2 Å². The second-order valence-corrected chi connectivity index (χ2v) is 5.52. The maximum Gasteiger partial charge on any atom is 0.193 e. The molecule has 0 bridgehead atoms. The fourth-order valence-corrected chi connectivity index (χ4v) is 1.83. The third-order valence-corrected chi connectivity index (χ3v) is 2.60. The predicted octanol–water partition coefficient (Wildman–Crippen LogP) is 2.48. The van der Waals surface area contributed by atoms with Gasteiger partial charge < -0.3 is 0 Å². The van der Waals surface area contributed by atoms with Gasteiger partial charge in [0, 0.05) is 18.8 Å². The Labute approximate surface area is 96.9 Å². The molecule has 0 radical (unpaired) electrons. The molecule has 0 fully saturated rings. The van der Waals surface area contributed by atoms with Gasteiger partial charge in [-0.05, 0) is 21.3 Å². The second kappa shape index (κ2) is 3.56. The van der Waals surface area contributed by atoms with Crippen molar-refractivity contribution < 1.29 is 0 Å². The highest BCUT2D eigenvalue weighted by atomic mass is 79.9. The third-order valence-electron chi connectivity index (χ3n) is 2.04. The number of aromatic nitrogens is 4. The van der Waals surface area contributed by atoms with Crippen LogP contribution in [0.15, 0.2) is 17.0 Å². The molecule has 0 aromatic carbocycles. The molecule has 2 rings (SSSR count). The Balaban J connectivity index is 2.50. The summed E-state index contributed by atoms with van der Waals surface area (Å²) in [4.78, 5) is 4.11. The predicted molar refractivity (Wildman–Crippen MR) is 61.6 cm³/mol. The first-order chi connectivity index (χ1) is 6.97. The number of fused-ring (bicyclic) bond motifs is 1. The minimum atomic E-state index is 0.207. The quantitative estimate of drug-likeness (QED) is 0.798. The second-order valence-electron chi connectivity index (χ2n) is 4.77. The molecule has 4 nitrogen and oxygen atoms in total. The van der Waals surface area contributed by atoms with Crippen LogP contribution in [-0.2, 0) is 6.42 Å². The highest BCUT2D eigenvalue weighted by Gasteiger charge is 2.16. The van der Waals surface area contributed by atoms with E-state index in [0.717, 1.165) is 22.5 Å². The Kier molecular flexibility index (Phi) is 2.50. The van der Waals surface area contributed by atoms with Gasteiger partial charge in [-0.3, -0.25) is 4.40 Å². The van der Waals surface area contributed by atoms with Crippen LogP contribution < -0.4 is 0 Å². The molecule has 5 heteroatoms. The van der Waals surface area contributed by atoms with Crippen LogP contribution in [0.1, 0.15) is 26.6 Å². The summed E-state index contributed by atoms with van der Waals surface area (Å²) in [6.45, 7) is 6.55. The summed E-state index contributed by atoms with van der Waals surface area (Å²) in [5.74, 6) is 0.973. The zero-order valence-electron chi connectivity index (χ0n) is 9.03. The van der Waals surface area contributed by atoms with Crippen LogP contribution in [-0.4, -0.2) is 19.6 Å². The normalized spacial score (nSPS) is 12.3. The molecule has 80 valence electrons. The highest BCUT2D eigenvalue weighted by molar-refractivity contribution is 9.10. The average molecular weight is 269 g/mol. The Morgan fingerprint density at radius 2 is 2.07 bits per heavy atom. The zero-order valence-corrected chi connectivity index (χ0v) is 10.6. The Bertz CT molecular complexity index is 484. The van der Waals surface area contributed by atoms with Gasteiger partial charge >= 0.3 is 0 Å². The van der Waals surface area contributed by atoms with E-state index in [1.165, 1.54) is 0 Å². The maximum absolute atomic E-state index is 4.18. The molecular weight excluding hydrogens is 256 g/mol. The number of hydrogen-bond acceptors (Lipinski definition) is 3. The molecule has 0 spiro atoms. The molecule has 0 aliphatic rings. The first-order valence-electron chi connectivity index (χ1n) is 4.81. The lowest BCUT2D eigenvalue weighted by Crippen LogP contribution is -2.12.